The highest BCUT2D eigenvalue weighted by atomic mass is 19.4. The first kappa shape index (κ1) is 25.1. The van der Waals surface area contributed by atoms with Crippen LogP contribution in [0.3, 0.4) is 0 Å². The zero-order chi connectivity index (χ0) is 25.8. The van der Waals surface area contributed by atoms with Gasteiger partial charge >= 0.3 is 12.2 Å². The van der Waals surface area contributed by atoms with E-state index in [4.69, 9.17) is 15.1 Å². The van der Waals surface area contributed by atoms with Crippen LogP contribution in [-0.4, -0.2) is 45.9 Å². The van der Waals surface area contributed by atoms with Crippen molar-refractivity contribution in [2.75, 3.05) is 17.2 Å². The molecule has 0 amide bonds. The Morgan fingerprint density at radius 1 is 1.14 bits per heavy atom. The number of aryl methyl sites for hydroxylation is 1. The molecule has 3 aromatic rings. The van der Waals surface area contributed by atoms with Crippen LogP contribution in [0.1, 0.15) is 44.7 Å². The first-order valence-corrected chi connectivity index (χ1v) is 11.1. The summed E-state index contributed by atoms with van der Waals surface area (Å²) in [5.41, 5.74) is 6.58. The number of nitrogens with two attached hydrogens (primary N) is 1. The molecule has 0 atom stereocenters. The van der Waals surface area contributed by atoms with Gasteiger partial charge < -0.3 is 20.8 Å². The maximum Gasteiger partial charge on any atom is 0.405 e. The molecule has 2 aromatic heterocycles. The molecule has 2 heterocycles. The standard InChI is InChI=1S/C23H27F5N6O/c1-11-5-16(18-33-34-20(35-18)31-13-8-22(29,9-13)19(24)25)32-17-14(11)6-12(30-10-23(26,27)28)7-15(17)21(2,3)4/h5-7,13,19,30H,8-10,29H2,1-4H3,(H,31,34). The minimum absolute atomic E-state index is 0.0728. The van der Waals surface area contributed by atoms with Crippen LogP contribution in [0.15, 0.2) is 22.6 Å². The van der Waals surface area contributed by atoms with E-state index < -0.39 is 30.1 Å². The number of rotatable bonds is 6. The second-order valence-electron chi connectivity index (χ2n) is 10.2. The van der Waals surface area contributed by atoms with E-state index in [1.54, 1.807) is 18.2 Å². The summed E-state index contributed by atoms with van der Waals surface area (Å²) in [6.07, 6.45) is -6.79. The first-order chi connectivity index (χ1) is 16.1. The average molecular weight is 499 g/mol. The van der Waals surface area contributed by atoms with E-state index in [0.717, 1.165) is 11.1 Å². The Hall–Kier alpha value is -3.02. The lowest BCUT2D eigenvalue weighted by Crippen LogP contribution is -2.61. The van der Waals surface area contributed by atoms with Gasteiger partial charge in [-0.25, -0.2) is 13.8 Å². The van der Waals surface area contributed by atoms with E-state index in [2.05, 4.69) is 20.8 Å². The normalized spacial score (nSPS) is 20.8. The molecule has 0 bridgehead atoms. The lowest BCUT2D eigenvalue weighted by Gasteiger charge is -2.43. The number of alkyl halides is 5. The molecule has 7 nitrogen and oxygen atoms in total. The topological polar surface area (TPSA) is 102 Å². The molecule has 1 saturated carbocycles. The SMILES string of the molecule is Cc1cc(-c2nnc(NC3CC(N)(C(F)F)C3)o2)nc2c(C(C)(C)C)cc(NCC(F)(F)F)cc12. The third-order valence-electron chi connectivity index (χ3n) is 6.08. The van der Waals surface area contributed by atoms with Gasteiger partial charge in [-0.15, -0.1) is 5.10 Å². The monoisotopic (exact) mass is 498 g/mol. The minimum Gasteiger partial charge on any atom is -0.402 e. The van der Waals surface area contributed by atoms with Crippen LogP contribution in [0.25, 0.3) is 22.5 Å². The van der Waals surface area contributed by atoms with Crippen LogP contribution in [0, 0.1) is 6.92 Å². The number of nitrogens with zero attached hydrogens (tertiary/aromatic N) is 3. The van der Waals surface area contributed by atoms with Crippen molar-refractivity contribution in [1.82, 2.24) is 15.2 Å². The Kier molecular flexibility index (Phi) is 6.15. The summed E-state index contributed by atoms with van der Waals surface area (Å²) < 4.78 is 69.8. The predicted molar refractivity (Wildman–Crippen MR) is 123 cm³/mol. The number of aromatic nitrogens is 3. The Labute approximate surface area is 198 Å². The Bertz CT molecular complexity index is 1230. The van der Waals surface area contributed by atoms with E-state index in [9.17, 15) is 22.0 Å². The summed E-state index contributed by atoms with van der Waals surface area (Å²) in [5.74, 6) is 0.129. The van der Waals surface area contributed by atoms with E-state index >= 15 is 0 Å². The average Bonchev–Trinajstić information content (AvgIpc) is 3.18. The number of anilines is 2. The van der Waals surface area contributed by atoms with Crippen molar-refractivity contribution in [3.63, 3.8) is 0 Å². The van der Waals surface area contributed by atoms with Crippen LogP contribution in [0.2, 0.25) is 0 Å². The van der Waals surface area contributed by atoms with Gasteiger partial charge in [0.05, 0.1) is 11.1 Å². The highest BCUT2D eigenvalue weighted by Crippen LogP contribution is 2.38. The van der Waals surface area contributed by atoms with Gasteiger partial charge in [-0.1, -0.05) is 25.9 Å². The van der Waals surface area contributed by atoms with E-state index in [1.807, 2.05) is 27.7 Å². The molecular weight excluding hydrogens is 471 g/mol. The third kappa shape index (κ3) is 5.31. The molecular formula is C23H27F5N6O. The maximum absolute atomic E-state index is 12.9. The molecule has 4 rings (SSSR count). The summed E-state index contributed by atoms with van der Waals surface area (Å²) in [5, 5.41) is 14.0. The van der Waals surface area contributed by atoms with Gasteiger partial charge in [0.15, 0.2) is 0 Å². The van der Waals surface area contributed by atoms with Crippen molar-refractivity contribution in [3.05, 3.63) is 29.3 Å². The number of nitrogens with one attached hydrogen (secondary N) is 2. The summed E-state index contributed by atoms with van der Waals surface area (Å²) in [4.78, 5) is 4.70. The fourth-order valence-corrected chi connectivity index (χ4v) is 4.17. The Morgan fingerprint density at radius 2 is 1.83 bits per heavy atom. The molecule has 1 aliphatic rings. The molecule has 0 radical (unpaired) electrons. The van der Waals surface area contributed by atoms with Gasteiger partial charge in [0.25, 0.3) is 12.3 Å². The number of benzene rings is 1. The lowest BCUT2D eigenvalue weighted by molar-refractivity contribution is -0.115. The number of hydrogen-bond donors (Lipinski definition) is 3. The van der Waals surface area contributed by atoms with Crippen molar-refractivity contribution in [2.45, 2.75) is 70.1 Å². The zero-order valence-electron chi connectivity index (χ0n) is 19.7. The molecule has 35 heavy (non-hydrogen) atoms. The maximum atomic E-state index is 12.9. The molecule has 0 spiro atoms. The van der Waals surface area contributed by atoms with Crippen LogP contribution in [0.4, 0.5) is 33.7 Å². The molecule has 190 valence electrons. The summed E-state index contributed by atoms with van der Waals surface area (Å²) in [7, 11) is 0. The second kappa shape index (κ2) is 8.58. The van der Waals surface area contributed by atoms with Crippen molar-refractivity contribution in [2.24, 2.45) is 5.73 Å². The summed E-state index contributed by atoms with van der Waals surface area (Å²) in [6, 6.07) is 4.79. The van der Waals surface area contributed by atoms with Gasteiger partial charge in [-0.2, -0.15) is 13.2 Å². The highest BCUT2D eigenvalue weighted by Gasteiger charge is 2.48. The van der Waals surface area contributed by atoms with E-state index in [1.165, 1.54) is 0 Å². The molecule has 0 saturated heterocycles. The van der Waals surface area contributed by atoms with Gasteiger partial charge in [0.1, 0.15) is 12.2 Å². The molecule has 0 unspecified atom stereocenters. The number of hydrogen-bond acceptors (Lipinski definition) is 7. The smallest absolute Gasteiger partial charge is 0.402 e. The first-order valence-electron chi connectivity index (χ1n) is 11.1. The zero-order valence-corrected chi connectivity index (χ0v) is 19.7. The number of fused-ring (bicyclic) bond motifs is 1. The highest BCUT2D eigenvalue weighted by molar-refractivity contribution is 5.90. The van der Waals surface area contributed by atoms with Gasteiger partial charge in [-0.3, -0.25) is 0 Å². The Morgan fingerprint density at radius 3 is 2.43 bits per heavy atom. The Balaban J connectivity index is 1.64. The van der Waals surface area contributed by atoms with Gasteiger partial charge in [-0.05, 0) is 54.5 Å². The fraction of sp³-hybridized carbons (Fsp3) is 0.522. The summed E-state index contributed by atoms with van der Waals surface area (Å²) in [6.45, 7) is 6.52. The molecule has 1 aromatic carbocycles. The molecule has 12 heteroatoms. The quantitative estimate of drug-likeness (QED) is 0.391. The fourth-order valence-electron chi connectivity index (χ4n) is 4.17. The largest absolute Gasteiger partial charge is 0.405 e. The second-order valence-corrected chi connectivity index (χ2v) is 10.2. The van der Waals surface area contributed by atoms with Crippen LogP contribution in [0.5, 0.6) is 0 Å². The molecule has 1 aliphatic carbocycles. The van der Waals surface area contributed by atoms with Crippen molar-refractivity contribution in [3.8, 4) is 11.6 Å². The molecule has 1 fully saturated rings. The van der Waals surface area contributed by atoms with Crippen LogP contribution < -0.4 is 16.4 Å². The van der Waals surface area contributed by atoms with Crippen LogP contribution >= 0.6 is 0 Å². The van der Waals surface area contributed by atoms with Crippen LogP contribution in [-0.2, 0) is 5.41 Å². The van der Waals surface area contributed by atoms with Crippen molar-refractivity contribution < 1.29 is 26.4 Å². The van der Waals surface area contributed by atoms with Crippen molar-refractivity contribution >= 4 is 22.6 Å². The minimum atomic E-state index is -4.34. The van der Waals surface area contributed by atoms with Crippen molar-refractivity contribution in [1.29, 1.82) is 0 Å². The third-order valence-corrected chi connectivity index (χ3v) is 6.08. The molecule has 4 N–H and O–H groups in total. The predicted octanol–water partition coefficient (Wildman–Crippen LogP) is 5.40. The van der Waals surface area contributed by atoms with E-state index in [-0.39, 0.29) is 30.8 Å². The van der Waals surface area contributed by atoms with Gasteiger partial charge in [0, 0.05) is 17.1 Å². The number of pyridine rings is 1. The lowest BCUT2D eigenvalue weighted by atomic mass is 9.74. The van der Waals surface area contributed by atoms with E-state index in [0.29, 0.717) is 22.3 Å². The number of halogens is 5. The summed E-state index contributed by atoms with van der Waals surface area (Å²) >= 11 is 0. The van der Waals surface area contributed by atoms with Gasteiger partial charge in [0.2, 0.25) is 0 Å². The molecule has 0 aliphatic heterocycles.